The first-order chi connectivity index (χ1) is 18.5. The van der Waals surface area contributed by atoms with Crippen molar-refractivity contribution in [2.24, 2.45) is 0 Å². The van der Waals surface area contributed by atoms with Crippen LogP contribution >= 0.6 is 12.2 Å². The highest BCUT2D eigenvalue weighted by atomic mass is 32.1. The Hall–Kier alpha value is -4.24. The summed E-state index contributed by atoms with van der Waals surface area (Å²) in [6.07, 6.45) is 3.98. The monoisotopic (exact) mass is 529 g/mol. The third-order valence-electron chi connectivity index (χ3n) is 6.41. The molecule has 1 aliphatic rings. The predicted molar refractivity (Wildman–Crippen MR) is 149 cm³/mol. The van der Waals surface area contributed by atoms with E-state index in [1.807, 2.05) is 66.6 Å². The van der Waals surface area contributed by atoms with Crippen molar-refractivity contribution < 1.29 is 13.9 Å². The summed E-state index contributed by atoms with van der Waals surface area (Å²) in [6.45, 7) is 2.95. The quantitative estimate of drug-likeness (QED) is 0.283. The van der Waals surface area contributed by atoms with E-state index in [0.717, 1.165) is 22.8 Å². The Labute approximate surface area is 226 Å². The number of amides is 1. The number of carbonyl (C=O) groups excluding carboxylic acids is 1. The van der Waals surface area contributed by atoms with Gasteiger partial charge in [-0.1, -0.05) is 6.07 Å². The van der Waals surface area contributed by atoms with Crippen LogP contribution in [0.2, 0.25) is 0 Å². The fourth-order valence-corrected chi connectivity index (χ4v) is 5.02. The zero-order chi connectivity index (χ0) is 26.5. The Morgan fingerprint density at radius 1 is 1.08 bits per heavy atom. The SMILES string of the molecule is CCOc1ccc(-n2cccc2[C@H]2[C@@H](c3ccccn3)NC(=S)N2CCC(=O)Nc2ccc(F)cc2)cc1. The van der Waals surface area contributed by atoms with E-state index in [2.05, 4.69) is 26.3 Å². The molecule has 1 fully saturated rings. The number of hydrogen-bond acceptors (Lipinski definition) is 4. The Morgan fingerprint density at radius 3 is 2.58 bits per heavy atom. The number of nitrogens with one attached hydrogen (secondary N) is 2. The molecule has 2 N–H and O–H groups in total. The fraction of sp³-hybridized carbons (Fsp3) is 0.207. The summed E-state index contributed by atoms with van der Waals surface area (Å²) >= 11 is 5.76. The lowest BCUT2D eigenvalue weighted by molar-refractivity contribution is -0.116. The number of aromatic nitrogens is 2. The smallest absolute Gasteiger partial charge is 0.226 e. The van der Waals surface area contributed by atoms with E-state index < -0.39 is 0 Å². The molecule has 5 rings (SSSR count). The van der Waals surface area contributed by atoms with Crippen LogP contribution in [0.15, 0.2) is 91.3 Å². The molecule has 0 aliphatic carbocycles. The maximum atomic E-state index is 13.2. The van der Waals surface area contributed by atoms with Gasteiger partial charge in [0.2, 0.25) is 5.91 Å². The molecular formula is C29H28FN5O2S. The molecule has 4 aromatic rings. The van der Waals surface area contributed by atoms with Crippen LogP contribution in [0.5, 0.6) is 5.75 Å². The molecule has 7 nitrogen and oxygen atoms in total. The Kier molecular flexibility index (Phi) is 7.65. The third-order valence-corrected chi connectivity index (χ3v) is 6.77. The second kappa shape index (κ2) is 11.4. The molecule has 2 aromatic heterocycles. The van der Waals surface area contributed by atoms with Crippen molar-refractivity contribution in [1.29, 1.82) is 0 Å². The van der Waals surface area contributed by atoms with Gasteiger partial charge in [-0.3, -0.25) is 9.78 Å². The minimum atomic E-state index is -0.351. The van der Waals surface area contributed by atoms with Gasteiger partial charge in [0.15, 0.2) is 5.11 Å². The number of halogens is 1. The first-order valence-electron chi connectivity index (χ1n) is 12.5. The summed E-state index contributed by atoms with van der Waals surface area (Å²) in [4.78, 5) is 19.4. The van der Waals surface area contributed by atoms with Crippen LogP contribution in [0.1, 0.15) is 36.8 Å². The van der Waals surface area contributed by atoms with E-state index in [1.54, 1.807) is 18.3 Å². The van der Waals surface area contributed by atoms with Gasteiger partial charge in [0, 0.05) is 42.4 Å². The number of pyridine rings is 1. The molecule has 0 unspecified atom stereocenters. The van der Waals surface area contributed by atoms with Crippen molar-refractivity contribution in [1.82, 2.24) is 19.8 Å². The molecule has 2 aromatic carbocycles. The second-order valence-corrected chi connectivity index (χ2v) is 9.24. The molecule has 0 spiro atoms. The maximum absolute atomic E-state index is 13.2. The third kappa shape index (κ3) is 5.52. The predicted octanol–water partition coefficient (Wildman–Crippen LogP) is 5.41. The van der Waals surface area contributed by atoms with Crippen LogP contribution in [0.25, 0.3) is 5.69 Å². The van der Waals surface area contributed by atoms with E-state index in [-0.39, 0.29) is 30.2 Å². The number of ether oxygens (including phenoxy) is 1. The zero-order valence-corrected chi connectivity index (χ0v) is 21.7. The van der Waals surface area contributed by atoms with E-state index in [9.17, 15) is 9.18 Å². The summed E-state index contributed by atoms with van der Waals surface area (Å²) in [6, 6.07) is 23.1. The Bertz CT molecular complexity index is 1390. The topological polar surface area (TPSA) is 71.4 Å². The average molecular weight is 530 g/mol. The number of nitrogens with zero attached hydrogens (tertiary/aromatic N) is 3. The average Bonchev–Trinajstić information content (AvgIpc) is 3.54. The normalized spacial score (nSPS) is 16.8. The molecular weight excluding hydrogens is 501 g/mol. The maximum Gasteiger partial charge on any atom is 0.226 e. The number of anilines is 1. The lowest BCUT2D eigenvalue weighted by atomic mass is 10.0. The van der Waals surface area contributed by atoms with Gasteiger partial charge < -0.3 is 24.8 Å². The molecule has 1 aliphatic heterocycles. The number of rotatable bonds is 9. The van der Waals surface area contributed by atoms with Crippen molar-refractivity contribution >= 4 is 28.9 Å². The zero-order valence-electron chi connectivity index (χ0n) is 20.9. The Morgan fingerprint density at radius 2 is 1.87 bits per heavy atom. The summed E-state index contributed by atoms with van der Waals surface area (Å²) < 4.78 is 21.0. The van der Waals surface area contributed by atoms with Crippen LogP contribution in [0.3, 0.4) is 0 Å². The second-order valence-electron chi connectivity index (χ2n) is 8.86. The highest BCUT2D eigenvalue weighted by Crippen LogP contribution is 2.39. The van der Waals surface area contributed by atoms with Gasteiger partial charge in [-0.25, -0.2) is 4.39 Å². The van der Waals surface area contributed by atoms with Crippen LogP contribution in [-0.4, -0.2) is 38.6 Å². The van der Waals surface area contributed by atoms with Gasteiger partial charge in [-0.2, -0.15) is 0 Å². The van der Waals surface area contributed by atoms with Gasteiger partial charge in [0.25, 0.3) is 0 Å². The molecule has 1 amide bonds. The molecule has 2 atom stereocenters. The molecule has 38 heavy (non-hydrogen) atoms. The number of benzene rings is 2. The molecule has 3 heterocycles. The van der Waals surface area contributed by atoms with Crippen molar-refractivity contribution in [3.05, 3.63) is 108 Å². The summed E-state index contributed by atoms with van der Waals surface area (Å²) in [5.41, 5.74) is 3.40. The van der Waals surface area contributed by atoms with Gasteiger partial charge in [-0.05, 0) is 91.9 Å². The highest BCUT2D eigenvalue weighted by molar-refractivity contribution is 7.80. The molecule has 1 saturated heterocycles. The number of carbonyl (C=O) groups is 1. The van der Waals surface area contributed by atoms with Crippen LogP contribution in [-0.2, 0) is 4.79 Å². The minimum Gasteiger partial charge on any atom is -0.494 e. The first-order valence-corrected chi connectivity index (χ1v) is 12.9. The van der Waals surface area contributed by atoms with Gasteiger partial charge >= 0.3 is 0 Å². The lowest BCUT2D eigenvalue weighted by Gasteiger charge is -2.29. The van der Waals surface area contributed by atoms with Crippen molar-refractivity contribution in [2.45, 2.75) is 25.4 Å². The minimum absolute atomic E-state index is 0.179. The first kappa shape index (κ1) is 25.4. The van der Waals surface area contributed by atoms with Gasteiger partial charge in [-0.15, -0.1) is 0 Å². The molecule has 194 valence electrons. The summed E-state index contributed by atoms with van der Waals surface area (Å²) in [5.74, 6) is 0.283. The number of hydrogen-bond donors (Lipinski definition) is 2. The standard InChI is InChI=1S/C29H28FN5O2S/c1-2-37-23-14-12-22(13-15-23)34-18-5-7-25(34)28-27(24-6-3-4-17-31-24)33-29(38)35(28)19-16-26(36)32-21-10-8-20(30)9-11-21/h3-15,17-18,27-28H,2,16,19H2,1H3,(H,32,36)(H,33,38)/t27-,28+/m1/s1. The molecule has 0 bridgehead atoms. The molecule has 0 saturated carbocycles. The fourth-order valence-electron chi connectivity index (χ4n) is 4.69. The van der Waals surface area contributed by atoms with Crippen molar-refractivity contribution in [3.8, 4) is 11.4 Å². The number of thiocarbonyl (C=S) groups is 1. The molecule has 9 heteroatoms. The summed E-state index contributed by atoms with van der Waals surface area (Å²) in [5, 5.41) is 6.81. The van der Waals surface area contributed by atoms with E-state index in [0.29, 0.717) is 24.0 Å². The van der Waals surface area contributed by atoms with E-state index >= 15 is 0 Å². The van der Waals surface area contributed by atoms with E-state index in [1.165, 1.54) is 12.1 Å². The Balaban J connectivity index is 1.42. The highest BCUT2D eigenvalue weighted by Gasteiger charge is 2.41. The van der Waals surface area contributed by atoms with Crippen LogP contribution in [0.4, 0.5) is 10.1 Å². The van der Waals surface area contributed by atoms with Gasteiger partial charge in [0.05, 0.1) is 24.4 Å². The molecule has 0 radical (unpaired) electrons. The largest absolute Gasteiger partial charge is 0.494 e. The van der Waals surface area contributed by atoms with Crippen LogP contribution in [0, 0.1) is 5.82 Å². The summed E-state index contributed by atoms with van der Waals surface area (Å²) in [7, 11) is 0. The van der Waals surface area contributed by atoms with Crippen LogP contribution < -0.4 is 15.4 Å². The van der Waals surface area contributed by atoms with Crippen molar-refractivity contribution in [3.63, 3.8) is 0 Å². The van der Waals surface area contributed by atoms with Crippen molar-refractivity contribution in [2.75, 3.05) is 18.5 Å². The van der Waals surface area contributed by atoms with E-state index in [4.69, 9.17) is 17.0 Å². The lowest BCUT2D eigenvalue weighted by Crippen LogP contribution is -2.33. The van der Waals surface area contributed by atoms with Gasteiger partial charge in [0.1, 0.15) is 11.6 Å².